The Kier molecular flexibility index (Phi) is 3.72. The summed E-state index contributed by atoms with van der Waals surface area (Å²) in [5.74, 6) is 1.91. The first-order valence-electron chi connectivity index (χ1n) is 6.56. The molecule has 0 amide bonds. The van der Waals surface area contributed by atoms with E-state index in [1.54, 1.807) is 0 Å². The quantitative estimate of drug-likeness (QED) is 0.865. The molecule has 2 heterocycles. The molecule has 4 nitrogen and oxygen atoms in total. The summed E-state index contributed by atoms with van der Waals surface area (Å²) in [6, 6.07) is 0.481. The molecule has 0 aliphatic carbocycles. The molecule has 17 heavy (non-hydrogen) atoms. The van der Waals surface area contributed by atoms with Crippen LogP contribution in [0.2, 0.25) is 0 Å². The van der Waals surface area contributed by atoms with Crippen molar-refractivity contribution in [2.45, 2.75) is 33.2 Å². The van der Waals surface area contributed by atoms with E-state index in [9.17, 15) is 0 Å². The zero-order valence-corrected chi connectivity index (χ0v) is 11.4. The van der Waals surface area contributed by atoms with Gasteiger partial charge in [0.1, 0.15) is 0 Å². The lowest BCUT2D eigenvalue weighted by atomic mass is 10.1. The van der Waals surface area contributed by atoms with Crippen molar-refractivity contribution < 1.29 is 0 Å². The second-order valence-corrected chi connectivity index (χ2v) is 5.34. The number of anilines is 1. The first-order valence-corrected chi connectivity index (χ1v) is 6.56. The predicted molar refractivity (Wildman–Crippen MR) is 71.6 cm³/mol. The Morgan fingerprint density at radius 3 is 2.94 bits per heavy atom. The summed E-state index contributed by atoms with van der Waals surface area (Å²) in [5, 5.41) is 3.27. The fraction of sp³-hybridized carbons (Fsp3) is 0.769. The molecule has 2 rings (SSSR count). The van der Waals surface area contributed by atoms with Crippen LogP contribution in [-0.4, -0.2) is 36.2 Å². The third-order valence-electron chi connectivity index (χ3n) is 3.45. The van der Waals surface area contributed by atoms with Gasteiger partial charge in [-0.05, 0) is 46.7 Å². The Hall–Kier alpha value is -1.03. The lowest BCUT2D eigenvalue weighted by molar-refractivity contribution is 0.544. The van der Waals surface area contributed by atoms with Crippen molar-refractivity contribution in [2.75, 3.05) is 31.6 Å². The SMILES string of the molecule is CNCC1CCN(c2nc(C)cn2C(C)C)C1. The van der Waals surface area contributed by atoms with E-state index in [0.29, 0.717) is 6.04 Å². The predicted octanol–water partition coefficient (Wildman–Crippen LogP) is 1.82. The molecule has 1 fully saturated rings. The molecule has 1 N–H and O–H groups in total. The average molecular weight is 236 g/mol. The van der Waals surface area contributed by atoms with Gasteiger partial charge >= 0.3 is 0 Å². The van der Waals surface area contributed by atoms with Crippen molar-refractivity contribution in [1.29, 1.82) is 0 Å². The second-order valence-electron chi connectivity index (χ2n) is 5.34. The fourth-order valence-corrected chi connectivity index (χ4v) is 2.59. The zero-order valence-electron chi connectivity index (χ0n) is 11.4. The third-order valence-corrected chi connectivity index (χ3v) is 3.45. The van der Waals surface area contributed by atoms with Gasteiger partial charge in [0.15, 0.2) is 0 Å². The lowest BCUT2D eigenvalue weighted by Gasteiger charge is -2.21. The van der Waals surface area contributed by atoms with Crippen molar-refractivity contribution >= 4 is 5.95 Å². The topological polar surface area (TPSA) is 33.1 Å². The summed E-state index contributed by atoms with van der Waals surface area (Å²) in [6.45, 7) is 9.87. The highest BCUT2D eigenvalue weighted by atomic mass is 15.3. The molecule has 1 atom stereocenters. The maximum Gasteiger partial charge on any atom is 0.205 e. The van der Waals surface area contributed by atoms with E-state index in [1.807, 2.05) is 7.05 Å². The van der Waals surface area contributed by atoms with Crippen molar-refractivity contribution in [2.24, 2.45) is 5.92 Å². The summed E-state index contributed by atoms with van der Waals surface area (Å²) in [7, 11) is 2.03. The summed E-state index contributed by atoms with van der Waals surface area (Å²) < 4.78 is 2.29. The molecule has 4 heteroatoms. The van der Waals surface area contributed by atoms with Gasteiger partial charge in [-0.25, -0.2) is 4.98 Å². The van der Waals surface area contributed by atoms with Gasteiger partial charge in [0.25, 0.3) is 0 Å². The smallest absolute Gasteiger partial charge is 0.205 e. The molecule has 1 aromatic heterocycles. The number of rotatable bonds is 4. The van der Waals surface area contributed by atoms with E-state index in [0.717, 1.165) is 37.2 Å². The fourth-order valence-electron chi connectivity index (χ4n) is 2.59. The molecule has 96 valence electrons. The van der Waals surface area contributed by atoms with Gasteiger partial charge in [-0.3, -0.25) is 0 Å². The maximum atomic E-state index is 4.68. The first kappa shape index (κ1) is 12.4. The lowest BCUT2D eigenvalue weighted by Crippen LogP contribution is -2.26. The Labute approximate surface area is 104 Å². The molecule has 1 unspecified atom stereocenters. The van der Waals surface area contributed by atoms with Crippen LogP contribution in [0.4, 0.5) is 5.95 Å². The van der Waals surface area contributed by atoms with Crippen LogP contribution in [0, 0.1) is 12.8 Å². The van der Waals surface area contributed by atoms with Crippen LogP contribution in [0.15, 0.2) is 6.20 Å². The summed E-state index contributed by atoms with van der Waals surface area (Å²) in [6.07, 6.45) is 3.43. The van der Waals surface area contributed by atoms with E-state index in [2.05, 4.69) is 46.7 Å². The summed E-state index contributed by atoms with van der Waals surface area (Å²) >= 11 is 0. The molecule has 1 aliphatic heterocycles. The molecule has 1 saturated heterocycles. The third kappa shape index (κ3) is 2.63. The minimum atomic E-state index is 0.481. The van der Waals surface area contributed by atoms with Crippen LogP contribution in [-0.2, 0) is 0 Å². The van der Waals surface area contributed by atoms with Gasteiger partial charge in [-0.2, -0.15) is 0 Å². The van der Waals surface area contributed by atoms with Crippen LogP contribution in [0.3, 0.4) is 0 Å². The molecule has 1 aromatic rings. The van der Waals surface area contributed by atoms with E-state index < -0.39 is 0 Å². The number of nitrogens with zero attached hydrogens (tertiary/aromatic N) is 3. The number of aromatic nitrogens is 2. The standard InChI is InChI=1S/C13H24N4/c1-10(2)17-8-11(3)15-13(17)16-6-5-12(9-16)7-14-4/h8,10,12,14H,5-7,9H2,1-4H3. The highest BCUT2D eigenvalue weighted by Gasteiger charge is 2.25. The molecule has 0 bridgehead atoms. The molecule has 0 radical (unpaired) electrons. The summed E-state index contributed by atoms with van der Waals surface area (Å²) in [4.78, 5) is 7.10. The van der Waals surface area contributed by atoms with Crippen molar-refractivity contribution in [1.82, 2.24) is 14.9 Å². The normalized spacial score (nSPS) is 20.5. The number of aryl methyl sites for hydroxylation is 1. The van der Waals surface area contributed by atoms with E-state index in [1.165, 1.54) is 6.42 Å². The maximum absolute atomic E-state index is 4.68. The van der Waals surface area contributed by atoms with E-state index in [4.69, 9.17) is 0 Å². The highest BCUT2D eigenvalue weighted by molar-refractivity contribution is 5.35. The molecule has 1 aliphatic rings. The zero-order chi connectivity index (χ0) is 12.4. The van der Waals surface area contributed by atoms with Gasteiger partial charge in [-0.1, -0.05) is 0 Å². The molecule has 0 spiro atoms. The van der Waals surface area contributed by atoms with Crippen LogP contribution in [0.5, 0.6) is 0 Å². The number of hydrogen-bond acceptors (Lipinski definition) is 3. The molecule has 0 aromatic carbocycles. The van der Waals surface area contributed by atoms with Crippen LogP contribution in [0.25, 0.3) is 0 Å². The minimum absolute atomic E-state index is 0.481. The first-order chi connectivity index (χ1) is 8.11. The Morgan fingerprint density at radius 1 is 1.53 bits per heavy atom. The number of nitrogens with one attached hydrogen (secondary N) is 1. The molecular formula is C13H24N4. The summed E-state index contributed by atoms with van der Waals surface area (Å²) in [5.41, 5.74) is 1.12. The van der Waals surface area contributed by atoms with Crippen LogP contribution >= 0.6 is 0 Å². The van der Waals surface area contributed by atoms with E-state index in [-0.39, 0.29) is 0 Å². The van der Waals surface area contributed by atoms with Crippen molar-refractivity contribution in [3.8, 4) is 0 Å². The minimum Gasteiger partial charge on any atom is -0.342 e. The van der Waals surface area contributed by atoms with Crippen LogP contribution in [0.1, 0.15) is 32.0 Å². The Morgan fingerprint density at radius 2 is 2.29 bits per heavy atom. The van der Waals surface area contributed by atoms with E-state index >= 15 is 0 Å². The monoisotopic (exact) mass is 236 g/mol. The van der Waals surface area contributed by atoms with Gasteiger partial charge < -0.3 is 14.8 Å². The Bertz CT molecular complexity index is 369. The number of imidazole rings is 1. The van der Waals surface area contributed by atoms with Gasteiger partial charge in [0.2, 0.25) is 5.95 Å². The highest BCUT2D eigenvalue weighted by Crippen LogP contribution is 2.25. The molecule has 0 saturated carbocycles. The van der Waals surface area contributed by atoms with Crippen LogP contribution < -0.4 is 10.2 Å². The van der Waals surface area contributed by atoms with Gasteiger partial charge in [0.05, 0.1) is 5.69 Å². The van der Waals surface area contributed by atoms with Crippen molar-refractivity contribution in [3.05, 3.63) is 11.9 Å². The Balaban J connectivity index is 2.12. The van der Waals surface area contributed by atoms with Gasteiger partial charge in [-0.15, -0.1) is 0 Å². The average Bonchev–Trinajstić information content (AvgIpc) is 2.85. The number of hydrogen-bond donors (Lipinski definition) is 1. The largest absolute Gasteiger partial charge is 0.342 e. The van der Waals surface area contributed by atoms with Crippen molar-refractivity contribution in [3.63, 3.8) is 0 Å². The second kappa shape index (κ2) is 5.08. The van der Waals surface area contributed by atoms with Gasteiger partial charge in [0, 0.05) is 25.3 Å². The molecular weight excluding hydrogens is 212 g/mol.